The lowest BCUT2D eigenvalue weighted by Gasteiger charge is -2.12. The van der Waals surface area contributed by atoms with Crippen molar-refractivity contribution in [2.75, 3.05) is 38.2 Å². The highest BCUT2D eigenvalue weighted by atomic mass is 35.5. The van der Waals surface area contributed by atoms with Gasteiger partial charge in [-0.15, -0.1) is 0 Å². The molecule has 0 aliphatic heterocycles. The van der Waals surface area contributed by atoms with Crippen LogP contribution >= 0.6 is 11.6 Å². The number of carbonyl (C=O) groups excluding carboxylic acids is 1. The number of hydrogen-bond donors (Lipinski definition) is 3. The van der Waals surface area contributed by atoms with Crippen LogP contribution in [0.5, 0.6) is 0 Å². The maximum atomic E-state index is 12.1. The van der Waals surface area contributed by atoms with E-state index in [0.29, 0.717) is 30.2 Å². The summed E-state index contributed by atoms with van der Waals surface area (Å²) < 4.78 is 5.61. The number of carbonyl (C=O) groups is 1. The molecule has 1 saturated carbocycles. The zero-order chi connectivity index (χ0) is 19.5. The Morgan fingerprint density at radius 3 is 2.85 bits per heavy atom. The second-order valence-corrected chi connectivity index (χ2v) is 7.25. The first-order chi connectivity index (χ1) is 13.1. The Morgan fingerprint density at radius 2 is 2.15 bits per heavy atom. The van der Waals surface area contributed by atoms with Crippen LogP contribution in [0.4, 0.5) is 5.69 Å². The number of ether oxygens (including phenoxy) is 1. The second kappa shape index (κ2) is 11.8. The average Bonchev–Trinajstić information content (AvgIpc) is 3.44. The molecule has 1 amide bonds. The standard InChI is InChI=1S/C20H31ClN4O2/c1-3-22-20(23-10-4-12-27-14-16-6-7-16)24-11-9-19(26)25-18-8-5-15(2)13-17(18)21/h5,8,13,16H,3-4,6-7,9-12,14H2,1-2H3,(H,25,26)(H2,22,23,24). The number of aliphatic imine (C=N–C) groups is 1. The van der Waals surface area contributed by atoms with Gasteiger partial charge in [0.1, 0.15) is 0 Å². The van der Waals surface area contributed by atoms with E-state index >= 15 is 0 Å². The molecular weight excluding hydrogens is 364 g/mol. The van der Waals surface area contributed by atoms with Crippen molar-refractivity contribution < 1.29 is 9.53 Å². The third-order valence-corrected chi connectivity index (χ3v) is 4.47. The molecule has 0 radical (unpaired) electrons. The van der Waals surface area contributed by atoms with Crippen molar-refractivity contribution in [1.82, 2.24) is 10.6 Å². The Hall–Kier alpha value is -1.79. The van der Waals surface area contributed by atoms with E-state index in [0.717, 1.165) is 43.6 Å². The predicted molar refractivity (Wildman–Crippen MR) is 112 cm³/mol. The van der Waals surface area contributed by atoms with Crippen molar-refractivity contribution in [2.45, 2.75) is 39.5 Å². The van der Waals surface area contributed by atoms with Crippen LogP contribution in [0.2, 0.25) is 5.02 Å². The highest BCUT2D eigenvalue weighted by molar-refractivity contribution is 6.33. The molecule has 1 fully saturated rings. The molecule has 27 heavy (non-hydrogen) atoms. The van der Waals surface area contributed by atoms with E-state index in [9.17, 15) is 4.79 Å². The van der Waals surface area contributed by atoms with Crippen LogP contribution in [0.3, 0.4) is 0 Å². The summed E-state index contributed by atoms with van der Waals surface area (Å²) in [7, 11) is 0. The number of nitrogens with zero attached hydrogens (tertiary/aromatic N) is 1. The van der Waals surface area contributed by atoms with Crippen LogP contribution < -0.4 is 16.0 Å². The van der Waals surface area contributed by atoms with E-state index in [1.165, 1.54) is 12.8 Å². The molecule has 1 aromatic rings. The number of aryl methyl sites for hydroxylation is 1. The molecule has 6 nitrogen and oxygen atoms in total. The van der Waals surface area contributed by atoms with Gasteiger partial charge in [-0.1, -0.05) is 17.7 Å². The zero-order valence-electron chi connectivity index (χ0n) is 16.3. The van der Waals surface area contributed by atoms with Crippen LogP contribution in [0, 0.1) is 12.8 Å². The van der Waals surface area contributed by atoms with Crippen LogP contribution in [0.1, 0.15) is 38.2 Å². The third kappa shape index (κ3) is 9.11. The number of anilines is 1. The molecule has 0 bridgehead atoms. The summed E-state index contributed by atoms with van der Waals surface area (Å²) in [6.45, 7) is 7.59. The lowest BCUT2D eigenvalue weighted by atomic mass is 10.2. The van der Waals surface area contributed by atoms with Crippen LogP contribution in [0.15, 0.2) is 23.2 Å². The van der Waals surface area contributed by atoms with E-state index in [1.807, 2.05) is 32.0 Å². The summed E-state index contributed by atoms with van der Waals surface area (Å²) in [5.41, 5.74) is 1.70. The minimum Gasteiger partial charge on any atom is -0.381 e. The van der Waals surface area contributed by atoms with Crippen LogP contribution in [-0.4, -0.2) is 44.7 Å². The molecule has 0 unspecified atom stereocenters. The molecule has 3 N–H and O–H groups in total. The van der Waals surface area contributed by atoms with Gasteiger partial charge in [0.05, 0.1) is 10.7 Å². The first kappa shape index (κ1) is 21.5. The summed E-state index contributed by atoms with van der Waals surface area (Å²) in [6, 6.07) is 5.57. The van der Waals surface area contributed by atoms with Gasteiger partial charge in [-0.2, -0.15) is 0 Å². The minimum absolute atomic E-state index is 0.0856. The number of nitrogens with one attached hydrogen (secondary N) is 3. The summed E-state index contributed by atoms with van der Waals surface area (Å²) in [4.78, 5) is 16.6. The van der Waals surface area contributed by atoms with Gasteiger partial charge in [-0.3, -0.25) is 9.79 Å². The maximum Gasteiger partial charge on any atom is 0.226 e. The normalized spacial score (nSPS) is 14.1. The van der Waals surface area contributed by atoms with Gasteiger partial charge in [0.2, 0.25) is 5.91 Å². The molecule has 1 aromatic carbocycles. The van der Waals surface area contributed by atoms with Gasteiger partial charge in [-0.25, -0.2) is 0 Å². The fourth-order valence-electron chi connectivity index (χ4n) is 2.46. The fraction of sp³-hybridized carbons (Fsp3) is 0.600. The SMILES string of the molecule is CCNC(=NCCCOCC1CC1)NCCC(=O)Nc1ccc(C)cc1Cl. The van der Waals surface area contributed by atoms with E-state index in [2.05, 4.69) is 20.9 Å². The van der Waals surface area contributed by atoms with E-state index in [4.69, 9.17) is 16.3 Å². The minimum atomic E-state index is -0.0856. The van der Waals surface area contributed by atoms with E-state index in [-0.39, 0.29) is 5.91 Å². The van der Waals surface area contributed by atoms with Gasteiger partial charge in [0, 0.05) is 39.3 Å². The molecule has 1 aliphatic rings. The van der Waals surface area contributed by atoms with Crippen molar-refractivity contribution in [2.24, 2.45) is 10.9 Å². The molecule has 0 heterocycles. The first-order valence-electron chi connectivity index (χ1n) is 9.74. The number of halogens is 1. The lowest BCUT2D eigenvalue weighted by molar-refractivity contribution is -0.116. The molecule has 0 spiro atoms. The topological polar surface area (TPSA) is 74.8 Å². The molecule has 1 aliphatic carbocycles. The smallest absolute Gasteiger partial charge is 0.226 e. The molecule has 2 rings (SSSR count). The molecule has 7 heteroatoms. The molecule has 0 atom stereocenters. The summed E-state index contributed by atoms with van der Waals surface area (Å²) >= 11 is 6.14. The first-order valence-corrected chi connectivity index (χ1v) is 10.1. The van der Waals surface area contributed by atoms with Crippen molar-refractivity contribution in [3.8, 4) is 0 Å². The van der Waals surface area contributed by atoms with Gasteiger partial charge in [0.15, 0.2) is 5.96 Å². The van der Waals surface area contributed by atoms with Crippen molar-refractivity contribution in [3.63, 3.8) is 0 Å². The quantitative estimate of drug-likeness (QED) is 0.305. The molecular formula is C20H31ClN4O2. The Bertz CT molecular complexity index is 632. The number of guanidine groups is 1. The average molecular weight is 395 g/mol. The Kier molecular flexibility index (Phi) is 9.42. The largest absolute Gasteiger partial charge is 0.381 e. The monoisotopic (exact) mass is 394 g/mol. The van der Waals surface area contributed by atoms with Gasteiger partial charge in [-0.05, 0) is 56.7 Å². The number of hydrogen-bond acceptors (Lipinski definition) is 3. The lowest BCUT2D eigenvalue weighted by Crippen LogP contribution is -2.38. The van der Waals surface area contributed by atoms with Crippen LogP contribution in [0.25, 0.3) is 0 Å². The van der Waals surface area contributed by atoms with Gasteiger partial charge >= 0.3 is 0 Å². The Labute approximate surface area is 167 Å². The Balaban J connectivity index is 1.64. The summed E-state index contributed by atoms with van der Waals surface area (Å²) in [6.07, 6.45) is 3.86. The van der Waals surface area contributed by atoms with Crippen molar-refractivity contribution in [3.05, 3.63) is 28.8 Å². The van der Waals surface area contributed by atoms with Crippen LogP contribution in [-0.2, 0) is 9.53 Å². The summed E-state index contributed by atoms with van der Waals surface area (Å²) in [5, 5.41) is 9.76. The highest BCUT2D eigenvalue weighted by Crippen LogP contribution is 2.28. The number of rotatable bonds is 11. The maximum absolute atomic E-state index is 12.1. The second-order valence-electron chi connectivity index (χ2n) is 6.84. The number of amides is 1. The van der Waals surface area contributed by atoms with Gasteiger partial charge in [0.25, 0.3) is 0 Å². The summed E-state index contributed by atoms with van der Waals surface area (Å²) in [5.74, 6) is 1.44. The van der Waals surface area contributed by atoms with Crippen molar-refractivity contribution >= 4 is 29.2 Å². The number of benzene rings is 1. The molecule has 150 valence electrons. The Morgan fingerprint density at radius 1 is 1.33 bits per heavy atom. The molecule has 0 saturated heterocycles. The van der Waals surface area contributed by atoms with Gasteiger partial charge < -0.3 is 20.7 Å². The van der Waals surface area contributed by atoms with E-state index in [1.54, 1.807) is 0 Å². The third-order valence-electron chi connectivity index (χ3n) is 4.15. The van der Waals surface area contributed by atoms with Crippen molar-refractivity contribution in [1.29, 1.82) is 0 Å². The fourth-order valence-corrected chi connectivity index (χ4v) is 2.74. The molecule has 0 aromatic heterocycles. The highest BCUT2D eigenvalue weighted by Gasteiger charge is 2.20. The zero-order valence-corrected chi connectivity index (χ0v) is 17.1. The predicted octanol–water partition coefficient (Wildman–Crippen LogP) is 3.35. The van der Waals surface area contributed by atoms with E-state index < -0.39 is 0 Å².